The fourth-order valence-electron chi connectivity index (χ4n) is 2.01. The molecular formula is C13H23NO3. The second-order valence-electron chi connectivity index (χ2n) is 5.60. The van der Waals surface area contributed by atoms with Crippen molar-refractivity contribution in [3.63, 3.8) is 0 Å². The summed E-state index contributed by atoms with van der Waals surface area (Å²) in [5, 5.41) is 0. The van der Waals surface area contributed by atoms with Gasteiger partial charge in [0.15, 0.2) is 0 Å². The van der Waals surface area contributed by atoms with Crippen LogP contribution in [-0.2, 0) is 14.3 Å². The standard InChI is InChI=1S/C13H23NO3/c1-13(2,3)17-12(16)11-5-8-14(9-6-11)7-4-10-15/h10-11H,4-9H2,1-3H3. The van der Waals surface area contributed by atoms with Gasteiger partial charge in [0.25, 0.3) is 0 Å². The number of hydrogen-bond donors (Lipinski definition) is 0. The Balaban J connectivity index is 2.31. The molecule has 0 bridgehead atoms. The first kappa shape index (κ1) is 14.2. The van der Waals surface area contributed by atoms with Gasteiger partial charge in [-0.05, 0) is 46.7 Å². The molecule has 0 amide bonds. The van der Waals surface area contributed by atoms with Crippen LogP contribution >= 0.6 is 0 Å². The van der Waals surface area contributed by atoms with Gasteiger partial charge in [0.05, 0.1) is 5.92 Å². The largest absolute Gasteiger partial charge is 0.460 e. The summed E-state index contributed by atoms with van der Waals surface area (Å²) in [6, 6.07) is 0. The van der Waals surface area contributed by atoms with Gasteiger partial charge in [0.2, 0.25) is 0 Å². The monoisotopic (exact) mass is 241 g/mol. The predicted octanol–water partition coefficient (Wildman–Crippen LogP) is 1.63. The maximum Gasteiger partial charge on any atom is 0.309 e. The van der Waals surface area contributed by atoms with Gasteiger partial charge in [-0.2, -0.15) is 0 Å². The number of rotatable bonds is 4. The van der Waals surface area contributed by atoms with Crippen molar-refractivity contribution >= 4 is 12.3 Å². The van der Waals surface area contributed by atoms with Crippen LogP contribution in [0.3, 0.4) is 0 Å². The lowest BCUT2D eigenvalue weighted by molar-refractivity contribution is -0.161. The molecule has 0 atom stereocenters. The van der Waals surface area contributed by atoms with E-state index in [9.17, 15) is 9.59 Å². The van der Waals surface area contributed by atoms with E-state index in [1.165, 1.54) is 0 Å². The molecule has 0 aromatic rings. The van der Waals surface area contributed by atoms with Gasteiger partial charge in [0, 0.05) is 13.0 Å². The Labute approximate surface area is 103 Å². The summed E-state index contributed by atoms with van der Waals surface area (Å²) in [5.74, 6) is -0.0470. The van der Waals surface area contributed by atoms with Crippen LogP contribution in [0.5, 0.6) is 0 Å². The third-order valence-corrected chi connectivity index (χ3v) is 2.89. The van der Waals surface area contributed by atoms with Crippen molar-refractivity contribution in [2.75, 3.05) is 19.6 Å². The second-order valence-corrected chi connectivity index (χ2v) is 5.60. The van der Waals surface area contributed by atoms with Crippen molar-refractivity contribution in [3.05, 3.63) is 0 Å². The summed E-state index contributed by atoms with van der Waals surface area (Å²) in [7, 11) is 0. The van der Waals surface area contributed by atoms with E-state index in [0.29, 0.717) is 6.42 Å². The molecule has 0 N–H and O–H groups in total. The van der Waals surface area contributed by atoms with Crippen molar-refractivity contribution in [3.8, 4) is 0 Å². The molecule has 1 rings (SSSR count). The summed E-state index contributed by atoms with van der Waals surface area (Å²) in [5.41, 5.74) is -0.397. The second kappa shape index (κ2) is 6.15. The Bertz CT molecular complexity index is 262. The quantitative estimate of drug-likeness (QED) is 0.554. The molecule has 98 valence electrons. The molecule has 4 nitrogen and oxygen atoms in total. The molecule has 0 aliphatic carbocycles. The van der Waals surface area contributed by atoms with Gasteiger partial charge in [0.1, 0.15) is 11.9 Å². The van der Waals surface area contributed by atoms with Crippen molar-refractivity contribution in [2.24, 2.45) is 5.92 Å². The first-order valence-electron chi connectivity index (χ1n) is 6.31. The zero-order valence-corrected chi connectivity index (χ0v) is 11.1. The zero-order chi connectivity index (χ0) is 12.9. The molecule has 1 fully saturated rings. The lowest BCUT2D eigenvalue weighted by Gasteiger charge is -2.32. The molecule has 0 radical (unpaired) electrons. The minimum absolute atomic E-state index is 0.0294. The number of ether oxygens (including phenoxy) is 1. The van der Waals surface area contributed by atoms with Crippen LogP contribution in [0.2, 0.25) is 0 Å². The summed E-state index contributed by atoms with van der Waals surface area (Å²) in [4.78, 5) is 24.3. The molecule has 17 heavy (non-hydrogen) atoms. The van der Waals surface area contributed by atoms with Gasteiger partial charge < -0.3 is 14.4 Å². The first-order valence-corrected chi connectivity index (χ1v) is 6.31. The highest BCUT2D eigenvalue weighted by Gasteiger charge is 2.28. The normalized spacial score (nSPS) is 19.0. The topological polar surface area (TPSA) is 46.6 Å². The number of carbonyl (C=O) groups excluding carboxylic acids is 2. The summed E-state index contributed by atoms with van der Waals surface area (Å²) < 4.78 is 5.38. The molecule has 1 heterocycles. The molecule has 0 unspecified atom stereocenters. The van der Waals surface area contributed by atoms with Crippen LogP contribution in [0.4, 0.5) is 0 Å². The van der Waals surface area contributed by atoms with Crippen LogP contribution < -0.4 is 0 Å². The van der Waals surface area contributed by atoms with Crippen molar-refractivity contribution in [1.82, 2.24) is 4.90 Å². The van der Waals surface area contributed by atoms with E-state index in [-0.39, 0.29) is 11.9 Å². The van der Waals surface area contributed by atoms with E-state index in [0.717, 1.165) is 38.8 Å². The lowest BCUT2D eigenvalue weighted by atomic mass is 9.96. The highest BCUT2D eigenvalue weighted by atomic mass is 16.6. The Morgan fingerprint density at radius 2 is 1.94 bits per heavy atom. The van der Waals surface area contributed by atoms with Gasteiger partial charge in [-0.25, -0.2) is 0 Å². The predicted molar refractivity (Wildman–Crippen MR) is 65.7 cm³/mol. The van der Waals surface area contributed by atoms with Crippen LogP contribution in [0, 0.1) is 5.92 Å². The molecule has 4 heteroatoms. The zero-order valence-electron chi connectivity index (χ0n) is 11.1. The Morgan fingerprint density at radius 3 is 2.41 bits per heavy atom. The average Bonchev–Trinajstić information content (AvgIpc) is 2.24. The number of hydrogen-bond acceptors (Lipinski definition) is 4. The van der Waals surface area contributed by atoms with Crippen molar-refractivity contribution in [1.29, 1.82) is 0 Å². The van der Waals surface area contributed by atoms with Crippen LogP contribution in [0.15, 0.2) is 0 Å². The highest BCUT2D eigenvalue weighted by molar-refractivity contribution is 5.73. The molecule has 0 spiro atoms. The summed E-state index contributed by atoms with van der Waals surface area (Å²) >= 11 is 0. The smallest absolute Gasteiger partial charge is 0.309 e. The number of nitrogens with zero attached hydrogens (tertiary/aromatic N) is 1. The molecule has 0 saturated carbocycles. The van der Waals surface area contributed by atoms with E-state index < -0.39 is 5.60 Å². The van der Waals surface area contributed by atoms with Gasteiger partial charge in [-0.3, -0.25) is 4.79 Å². The third-order valence-electron chi connectivity index (χ3n) is 2.89. The molecular weight excluding hydrogens is 218 g/mol. The van der Waals surface area contributed by atoms with Crippen LogP contribution in [0.25, 0.3) is 0 Å². The Hall–Kier alpha value is -0.900. The molecule has 0 aromatic carbocycles. The number of carbonyl (C=O) groups is 2. The van der Waals surface area contributed by atoms with E-state index in [1.807, 2.05) is 20.8 Å². The van der Waals surface area contributed by atoms with Crippen molar-refractivity contribution in [2.45, 2.75) is 45.6 Å². The van der Waals surface area contributed by atoms with Crippen LogP contribution in [0.1, 0.15) is 40.0 Å². The molecule has 1 saturated heterocycles. The maximum atomic E-state index is 11.8. The minimum atomic E-state index is -0.397. The number of piperidine rings is 1. The van der Waals surface area contributed by atoms with E-state index in [1.54, 1.807) is 0 Å². The van der Waals surface area contributed by atoms with Crippen LogP contribution in [-0.4, -0.2) is 42.4 Å². The summed E-state index contributed by atoms with van der Waals surface area (Å²) in [6.07, 6.45) is 3.21. The number of aldehydes is 1. The van der Waals surface area contributed by atoms with Gasteiger partial charge >= 0.3 is 5.97 Å². The Morgan fingerprint density at radius 1 is 1.35 bits per heavy atom. The Kier molecular flexibility index (Phi) is 5.12. The molecule has 1 aliphatic rings. The maximum absolute atomic E-state index is 11.8. The van der Waals surface area contributed by atoms with Gasteiger partial charge in [-0.1, -0.05) is 0 Å². The lowest BCUT2D eigenvalue weighted by Crippen LogP contribution is -2.39. The van der Waals surface area contributed by atoms with E-state index in [4.69, 9.17) is 4.74 Å². The number of esters is 1. The van der Waals surface area contributed by atoms with Gasteiger partial charge in [-0.15, -0.1) is 0 Å². The SMILES string of the molecule is CC(C)(C)OC(=O)C1CCN(CCC=O)CC1. The third kappa shape index (κ3) is 5.31. The average molecular weight is 241 g/mol. The molecule has 0 aromatic heterocycles. The highest BCUT2D eigenvalue weighted by Crippen LogP contribution is 2.21. The summed E-state index contributed by atoms with van der Waals surface area (Å²) in [6.45, 7) is 8.26. The minimum Gasteiger partial charge on any atom is -0.460 e. The van der Waals surface area contributed by atoms with Crippen molar-refractivity contribution < 1.29 is 14.3 Å². The fourth-order valence-corrected chi connectivity index (χ4v) is 2.01. The first-order chi connectivity index (χ1) is 7.92. The fraction of sp³-hybridized carbons (Fsp3) is 0.846. The van der Waals surface area contributed by atoms with E-state index >= 15 is 0 Å². The number of likely N-dealkylation sites (tertiary alicyclic amines) is 1. The molecule has 1 aliphatic heterocycles. The van der Waals surface area contributed by atoms with E-state index in [2.05, 4.69) is 4.90 Å².